The van der Waals surface area contributed by atoms with Gasteiger partial charge in [0, 0.05) is 43.7 Å². The first-order chi connectivity index (χ1) is 20.9. The molecule has 2 bridgehead atoms. The maximum atomic E-state index is 16.7. The fourth-order valence-corrected chi connectivity index (χ4v) is 7.97. The van der Waals surface area contributed by atoms with Crippen molar-refractivity contribution in [2.24, 2.45) is 0 Å². The predicted molar refractivity (Wildman–Crippen MR) is 160 cm³/mol. The second-order valence-corrected chi connectivity index (χ2v) is 12.7. The number of halogens is 2. The van der Waals surface area contributed by atoms with Gasteiger partial charge in [0.25, 0.3) is 0 Å². The Kier molecular flexibility index (Phi) is 6.38. The number of alkyl halides is 1. The van der Waals surface area contributed by atoms with E-state index in [-0.39, 0.29) is 40.6 Å². The number of nitrogens with zero attached hydrogens (tertiary/aromatic N) is 6. The maximum absolute atomic E-state index is 16.7. The van der Waals surface area contributed by atoms with Crippen LogP contribution in [0.4, 0.5) is 14.6 Å². The molecular formula is C32H35F2N7O2. The quantitative estimate of drug-likeness (QED) is 0.337. The number of fused-ring (bicyclic) bond motifs is 5. The summed E-state index contributed by atoms with van der Waals surface area (Å²) in [4.78, 5) is 13.7. The van der Waals surface area contributed by atoms with E-state index in [4.69, 9.17) is 9.72 Å². The Bertz CT molecular complexity index is 1730. The highest BCUT2D eigenvalue weighted by molar-refractivity contribution is 6.01. The number of nitrogens with one attached hydrogen (secondary N) is 1. The van der Waals surface area contributed by atoms with Crippen LogP contribution in [0, 0.1) is 5.82 Å². The molecule has 6 heterocycles. The number of piperazine rings is 1. The molecule has 11 heteroatoms. The number of anilines is 1. The third kappa shape index (κ3) is 4.47. The van der Waals surface area contributed by atoms with Gasteiger partial charge in [0.1, 0.15) is 29.7 Å². The van der Waals surface area contributed by atoms with Crippen LogP contribution in [0.2, 0.25) is 0 Å². The van der Waals surface area contributed by atoms with Gasteiger partial charge in [-0.2, -0.15) is 9.97 Å². The Balaban J connectivity index is 1.26. The molecule has 43 heavy (non-hydrogen) atoms. The van der Waals surface area contributed by atoms with Gasteiger partial charge in [-0.25, -0.2) is 8.78 Å². The number of aromatic nitrogens is 4. The van der Waals surface area contributed by atoms with E-state index in [1.54, 1.807) is 6.07 Å². The highest BCUT2D eigenvalue weighted by atomic mass is 19.1. The fourth-order valence-electron chi connectivity index (χ4n) is 7.97. The number of hydrogen-bond donors (Lipinski definition) is 2. The van der Waals surface area contributed by atoms with Crippen LogP contribution in [0.3, 0.4) is 0 Å². The molecule has 4 aliphatic rings. The second kappa shape index (κ2) is 10.2. The van der Waals surface area contributed by atoms with Crippen molar-refractivity contribution >= 4 is 27.6 Å². The largest absolute Gasteiger partial charge is 0.508 e. The molecule has 2 aromatic heterocycles. The number of rotatable bonds is 6. The molecule has 0 saturated carbocycles. The lowest BCUT2D eigenvalue weighted by Gasteiger charge is -2.34. The van der Waals surface area contributed by atoms with E-state index >= 15 is 4.39 Å². The van der Waals surface area contributed by atoms with Gasteiger partial charge in [-0.1, -0.05) is 25.1 Å². The second-order valence-electron chi connectivity index (χ2n) is 12.7. The molecular weight excluding hydrogens is 552 g/mol. The van der Waals surface area contributed by atoms with E-state index in [2.05, 4.69) is 30.3 Å². The average Bonchev–Trinajstić information content (AvgIpc) is 3.65. The zero-order valence-electron chi connectivity index (χ0n) is 24.2. The third-order valence-corrected chi connectivity index (χ3v) is 9.94. The highest BCUT2D eigenvalue weighted by Crippen LogP contribution is 2.41. The Morgan fingerprint density at radius 1 is 1.09 bits per heavy atom. The molecule has 2 N–H and O–H groups in total. The molecule has 4 aromatic rings. The molecule has 0 spiro atoms. The van der Waals surface area contributed by atoms with Crippen molar-refractivity contribution in [3.05, 3.63) is 41.7 Å². The SMILES string of the molecule is CCc1cccc2cc(O)cc(-c3nnc4c(N5CC6CCC(C5)N6)nc(OC[C@@]56CCCN5C[C@H](F)C6)nc4c3F)c12. The molecule has 2 aromatic carbocycles. The summed E-state index contributed by atoms with van der Waals surface area (Å²) in [7, 11) is 0. The molecule has 2 unspecified atom stereocenters. The van der Waals surface area contributed by atoms with Crippen LogP contribution in [0.5, 0.6) is 11.8 Å². The topological polar surface area (TPSA) is 99.5 Å². The van der Waals surface area contributed by atoms with Crippen LogP contribution >= 0.6 is 0 Å². The molecule has 0 radical (unpaired) electrons. The summed E-state index contributed by atoms with van der Waals surface area (Å²) in [6.45, 7) is 4.98. The monoisotopic (exact) mass is 587 g/mol. The van der Waals surface area contributed by atoms with Crippen molar-refractivity contribution in [2.45, 2.75) is 69.2 Å². The van der Waals surface area contributed by atoms with Gasteiger partial charge in [0.05, 0.1) is 5.54 Å². The number of hydrogen-bond acceptors (Lipinski definition) is 9. The van der Waals surface area contributed by atoms with E-state index < -0.39 is 12.0 Å². The molecule has 0 amide bonds. The van der Waals surface area contributed by atoms with Crippen molar-refractivity contribution in [2.75, 3.05) is 37.7 Å². The third-order valence-electron chi connectivity index (χ3n) is 9.94. The van der Waals surface area contributed by atoms with Crippen molar-refractivity contribution in [3.63, 3.8) is 0 Å². The Hall–Kier alpha value is -3.70. The van der Waals surface area contributed by atoms with Gasteiger partial charge in [0.2, 0.25) is 0 Å². The first kappa shape index (κ1) is 26.9. The molecule has 4 saturated heterocycles. The van der Waals surface area contributed by atoms with Gasteiger partial charge >= 0.3 is 6.01 Å². The van der Waals surface area contributed by atoms with Crippen molar-refractivity contribution < 1.29 is 18.6 Å². The van der Waals surface area contributed by atoms with Gasteiger partial charge in [0.15, 0.2) is 17.2 Å². The minimum Gasteiger partial charge on any atom is -0.508 e. The van der Waals surface area contributed by atoms with Crippen molar-refractivity contribution in [3.8, 4) is 23.0 Å². The summed E-state index contributed by atoms with van der Waals surface area (Å²) in [6.07, 6.45) is 4.26. The van der Waals surface area contributed by atoms with Gasteiger partial charge < -0.3 is 20.1 Å². The minimum atomic E-state index is -0.881. The minimum absolute atomic E-state index is 0.0157. The summed E-state index contributed by atoms with van der Waals surface area (Å²) in [5.41, 5.74) is 1.41. The van der Waals surface area contributed by atoms with E-state index in [0.717, 1.165) is 55.0 Å². The summed E-state index contributed by atoms with van der Waals surface area (Å²) in [5.74, 6) is -0.120. The average molecular weight is 588 g/mol. The zero-order chi connectivity index (χ0) is 29.3. The molecule has 9 nitrogen and oxygen atoms in total. The molecule has 224 valence electrons. The van der Waals surface area contributed by atoms with Gasteiger partial charge in [-0.15, -0.1) is 10.2 Å². The Morgan fingerprint density at radius 2 is 1.93 bits per heavy atom. The van der Waals surface area contributed by atoms with Crippen LogP contribution in [0.25, 0.3) is 33.1 Å². The van der Waals surface area contributed by atoms with Gasteiger partial charge in [-0.3, -0.25) is 4.90 Å². The Labute approximate surface area is 248 Å². The normalized spacial score (nSPS) is 27.0. The van der Waals surface area contributed by atoms with Crippen molar-refractivity contribution in [1.29, 1.82) is 0 Å². The Morgan fingerprint density at radius 3 is 2.74 bits per heavy atom. The lowest BCUT2D eigenvalue weighted by molar-refractivity contribution is 0.107. The molecule has 4 atom stereocenters. The first-order valence-electron chi connectivity index (χ1n) is 15.4. The van der Waals surface area contributed by atoms with Crippen LogP contribution in [-0.4, -0.2) is 86.8 Å². The first-order valence-corrected chi connectivity index (χ1v) is 15.4. The molecule has 4 aliphatic heterocycles. The van der Waals surface area contributed by atoms with E-state index in [9.17, 15) is 9.50 Å². The number of benzene rings is 2. The summed E-state index contributed by atoms with van der Waals surface area (Å²) < 4.78 is 37.4. The number of phenols is 1. The van der Waals surface area contributed by atoms with E-state index in [0.29, 0.717) is 49.5 Å². The van der Waals surface area contributed by atoms with Crippen LogP contribution < -0.4 is 15.0 Å². The number of ether oxygens (including phenoxy) is 1. The maximum Gasteiger partial charge on any atom is 0.319 e. The van der Waals surface area contributed by atoms with Crippen LogP contribution in [0.1, 0.15) is 44.6 Å². The lowest BCUT2D eigenvalue weighted by Crippen LogP contribution is -2.51. The number of phenolic OH excluding ortho intramolecular Hbond substituents is 1. The summed E-state index contributed by atoms with van der Waals surface area (Å²) >= 11 is 0. The number of aromatic hydroxyl groups is 1. The smallest absolute Gasteiger partial charge is 0.319 e. The number of aryl methyl sites for hydroxylation is 1. The van der Waals surface area contributed by atoms with Crippen LogP contribution in [0.15, 0.2) is 30.3 Å². The standard InChI is InChI=1S/C32H35F2N7O2/c1-2-18-5-3-6-19-11-23(42)12-24(25(18)19)27-26(34)28-29(39-38-27)30(40-15-21-7-8-22(16-40)35-21)37-31(36-28)43-17-32-9-4-10-41(32)14-20(33)13-32/h3,5-6,11-12,20-22,35,42H,2,4,7-10,13-17H2,1H3/t20-,21?,22?,32+/m1/s1. The fraction of sp³-hybridized carbons (Fsp3) is 0.500. The lowest BCUT2D eigenvalue weighted by atomic mass is 9.95. The molecule has 4 fully saturated rings. The molecule has 0 aliphatic carbocycles. The van der Waals surface area contributed by atoms with Crippen LogP contribution in [-0.2, 0) is 6.42 Å². The zero-order valence-corrected chi connectivity index (χ0v) is 24.2. The predicted octanol–water partition coefficient (Wildman–Crippen LogP) is 4.54. The van der Waals surface area contributed by atoms with Gasteiger partial charge in [-0.05, 0) is 67.1 Å². The highest BCUT2D eigenvalue weighted by Gasteiger charge is 2.49. The molecule has 8 rings (SSSR count). The van der Waals surface area contributed by atoms with Crippen molar-refractivity contribution in [1.82, 2.24) is 30.4 Å². The summed E-state index contributed by atoms with van der Waals surface area (Å²) in [5, 5.41) is 24.7. The van der Waals surface area contributed by atoms with E-state index in [1.165, 1.54) is 6.07 Å². The summed E-state index contributed by atoms with van der Waals surface area (Å²) in [6, 6.07) is 9.73. The van der Waals surface area contributed by atoms with E-state index in [1.807, 2.05) is 25.1 Å².